The predicted octanol–water partition coefficient (Wildman–Crippen LogP) is 4.86. The van der Waals surface area contributed by atoms with Crippen LogP contribution in [0, 0.1) is 5.92 Å². The van der Waals surface area contributed by atoms with Gasteiger partial charge in [-0.15, -0.1) is 11.3 Å². The van der Waals surface area contributed by atoms with Crippen molar-refractivity contribution in [3.05, 3.63) is 46.2 Å². The molecule has 2 aliphatic rings. The summed E-state index contributed by atoms with van der Waals surface area (Å²) in [4.78, 5) is 27.6. The molecule has 1 N–H and O–H groups in total. The summed E-state index contributed by atoms with van der Waals surface area (Å²) in [7, 11) is 0. The Kier molecular flexibility index (Phi) is 5.07. The van der Waals surface area contributed by atoms with Crippen LogP contribution in [0.5, 0.6) is 0 Å². The van der Waals surface area contributed by atoms with Gasteiger partial charge < -0.3 is 10.2 Å². The number of hydrogen-bond acceptors (Lipinski definition) is 3. The van der Waals surface area contributed by atoms with Gasteiger partial charge in [0.05, 0.1) is 4.88 Å². The highest BCUT2D eigenvalue weighted by atomic mass is 32.1. The van der Waals surface area contributed by atoms with Gasteiger partial charge in [-0.05, 0) is 47.9 Å². The molecule has 136 valence electrons. The summed E-state index contributed by atoms with van der Waals surface area (Å²) >= 11 is 1.47. The third-order valence-corrected chi connectivity index (χ3v) is 6.35. The topological polar surface area (TPSA) is 49.4 Å². The summed E-state index contributed by atoms with van der Waals surface area (Å²) in [6.45, 7) is 0.700. The van der Waals surface area contributed by atoms with E-state index < -0.39 is 0 Å². The van der Waals surface area contributed by atoms with Crippen molar-refractivity contribution in [3.8, 4) is 0 Å². The predicted molar refractivity (Wildman–Crippen MR) is 106 cm³/mol. The van der Waals surface area contributed by atoms with Crippen molar-refractivity contribution in [2.75, 3.05) is 16.8 Å². The van der Waals surface area contributed by atoms with Crippen molar-refractivity contribution in [3.63, 3.8) is 0 Å². The SMILES string of the molecule is O=C(CCC1CCCC1)Nc1ccc2c(c1)N(C(=O)c1cccs1)CC2. The Morgan fingerprint density at radius 1 is 1.19 bits per heavy atom. The molecule has 0 radical (unpaired) electrons. The highest BCUT2D eigenvalue weighted by molar-refractivity contribution is 7.12. The molecule has 26 heavy (non-hydrogen) atoms. The molecule has 1 aliphatic heterocycles. The number of nitrogens with zero attached hydrogens (tertiary/aromatic N) is 1. The van der Waals surface area contributed by atoms with Crippen molar-refractivity contribution in [2.45, 2.75) is 44.9 Å². The first-order chi connectivity index (χ1) is 12.7. The summed E-state index contributed by atoms with van der Waals surface area (Å²) in [5, 5.41) is 4.94. The standard InChI is InChI=1S/C21H24N2O2S/c24-20(10-7-15-4-1-2-5-15)22-17-9-8-16-11-12-23(18(16)14-17)21(25)19-6-3-13-26-19/h3,6,8-9,13-15H,1-2,4-5,7,10-12H2,(H,22,24). The second kappa shape index (κ2) is 7.62. The summed E-state index contributed by atoms with van der Waals surface area (Å²) in [5.41, 5.74) is 2.88. The fourth-order valence-corrected chi connectivity index (χ4v) is 4.73. The zero-order chi connectivity index (χ0) is 17.9. The lowest BCUT2D eigenvalue weighted by Crippen LogP contribution is -2.28. The summed E-state index contributed by atoms with van der Waals surface area (Å²) in [5.74, 6) is 0.842. The largest absolute Gasteiger partial charge is 0.326 e. The number of hydrogen-bond donors (Lipinski definition) is 1. The van der Waals surface area contributed by atoms with Crippen LogP contribution in [0.4, 0.5) is 11.4 Å². The number of carbonyl (C=O) groups excluding carboxylic acids is 2. The Labute approximate surface area is 158 Å². The van der Waals surface area contributed by atoms with Gasteiger partial charge in [-0.1, -0.05) is 37.8 Å². The Morgan fingerprint density at radius 2 is 2.04 bits per heavy atom. The van der Waals surface area contributed by atoms with Crippen molar-refractivity contribution in [1.29, 1.82) is 0 Å². The maximum absolute atomic E-state index is 12.7. The van der Waals surface area contributed by atoms with E-state index in [0.29, 0.717) is 13.0 Å². The van der Waals surface area contributed by atoms with Crippen LogP contribution in [0.25, 0.3) is 0 Å². The molecule has 0 unspecified atom stereocenters. The molecule has 0 saturated heterocycles. The first-order valence-electron chi connectivity index (χ1n) is 9.49. The Balaban J connectivity index is 1.42. The van der Waals surface area contributed by atoms with Crippen molar-refractivity contribution < 1.29 is 9.59 Å². The molecule has 0 atom stereocenters. The van der Waals surface area contributed by atoms with Crippen molar-refractivity contribution in [1.82, 2.24) is 0 Å². The monoisotopic (exact) mass is 368 g/mol. The highest BCUT2D eigenvalue weighted by Gasteiger charge is 2.26. The smallest absolute Gasteiger partial charge is 0.268 e. The van der Waals surface area contributed by atoms with Crippen LogP contribution in [-0.4, -0.2) is 18.4 Å². The summed E-state index contributed by atoms with van der Waals surface area (Å²) in [6, 6.07) is 9.69. The third kappa shape index (κ3) is 3.68. The highest BCUT2D eigenvalue weighted by Crippen LogP contribution is 2.33. The normalized spacial score (nSPS) is 16.7. The molecule has 2 aromatic rings. The van der Waals surface area contributed by atoms with E-state index in [1.807, 2.05) is 40.6 Å². The van der Waals surface area contributed by atoms with Gasteiger partial charge >= 0.3 is 0 Å². The number of carbonyl (C=O) groups is 2. The molecule has 0 bridgehead atoms. The van der Waals surface area contributed by atoms with E-state index in [1.165, 1.54) is 42.6 Å². The first kappa shape index (κ1) is 17.3. The quantitative estimate of drug-likeness (QED) is 0.819. The summed E-state index contributed by atoms with van der Waals surface area (Å²) < 4.78 is 0. The zero-order valence-electron chi connectivity index (χ0n) is 14.9. The molecule has 1 fully saturated rings. The number of anilines is 2. The Hall–Kier alpha value is -2.14. The fourth-order valence-electron chi connectivity index (χ4n) is 4.06. The van der Waals surface area contributed by atoms with Gasteiger partial charge in [0, 0.05) is 24.3 Å². The van der Waals surface area contributed by atoms with E-state index in [0.717, 1.165) is 35.0 Å². The molecule has 4 nitrogen and oxygen atoms in total. The number of benzene rings is 1. The maximum atomic E-state index is 12.7. The van der Waals surface area contributed by atoms with Crippen LogP contribution in [0.15, 0.2) is 35.7 Å². The molecule has 2 amide bonds. The van der Waals surface area contributed by atoms with E-state index in [9.17, 15) is 9.59 Å². The van der Waals surface area contributed by atoms with Crippen LogP contribution in [0.3, 0.4) is 0 Å². The fraction of sp³-hybridized carbons (Fsp3) is 0.429. The summed E-state index contributed by atoms with van der Waals surface area (Å²) in [6.07, 6.45) is 7.59. The minimum absolute atomic E-state index is 0.0449. The molecule has 1 aromatic heterocycles. The van der Waals surface area contributed by atoms with Gasteiger partial charge in [0.25, 0.3) is 5.91 Å². The van der Waals surface area contributed by atoms with Gasteiger partial charge in [0.15, 0.2) is 0 Å². The number of amides is 2. The van der Waals surface area contributed by atoms with E-state index in [2.05, 4.69) is 5.32 Å². The van der Waals surface area contributed by atoms with Crippen LogP contribution in [0.1, 0.15) is 53.8 Å². The molecule has 1 aromatic carbocycles. The maximum Gasteiger partial charge on any atom is 0.268 e. The van der Waals surface area contributed by atoms with Crippen LogP contribution in [0.2, 0.25) is 0 Å². The van der Waals surface area contributed by atoms with Gasteiger partial charge in [-0.2, -0.15) is 0 Å². The van der Waals surface area contributed by atoms with Crippen LogP contribution in [-0.2, 0) is 11.2 Å². The van der Waals surface area contributed by atoms with Gasteiger partial charge in [-0.3, -0.25) is 9.59 Å². The zero-order valence-corrected chi connectivity index (χ0v) is 15.7. The van der Waals surface area contributed by atoms with Gasteiger partial charge in [-0.25, -0.2) is 0 Å². The number of nitrogens with one attached hydrogen (secondary N) is 1. The lowest BCUT2D eigenvalue weighted by atomic mass is 10.0. The molecule has 1 aliphatic carbocycles. The van der Waals surface area contributed by atoms with Gasteiger partial charge in [0.1, 0.15) is 0 Å². The Bertz CT molecular complexity index is 794. The lowest BCUT2D eigenvalue weighted by molar-refractivity contribution is -0.116. The first-order valence-corrected chi connectivity index (χ1v) is 10.4. The van der Waals surface area contributed by atoms with Gasteiger partial charge in [0.2, 0.25) is 5.91 Å². The van der Waals surface area contributed by atoms with Crippen LogP contribution >= 0.6 is 11.3 Å². The molecule has 1 saturated carbocycles. The van der Waals surface area contributed by atoms with E-state index in [-0.39, 0.29) is 11.8 Å². The molecule has 2 heterocycles. The van der Waals surface area contributed by atoms with E-state index >= 15 is 0 Å². The second-order valence-electron chi connectivity index (χ2n) is 7.26. The average molecular weight is 369 g/mol. The van der Waals surface area contributed by atoms with Crippen LogP contribution < -0.4 is 10.2 Å². The minimum Gasteiger partial charge on any atom is -0.326 e. The molecular weight excluding hydrogens is 344 g/mol. The molecule has 4 rings (SSSR count). The van der Waals surface area contributed by atoms with Crippen molar-refractivity contribution >= 4 is 34.5 Å². The lowest BCUT2D eigenvalue weighted by Gasteiger charge is -2.17. The molecule has 0 spiro atoms. The van der Waals surface area contributed by atoms with E-state index in [4.69, 9.17) is 0 Å². The molecular formula is C21H24N2O2S. The van der Waals surface area contributed by atoms with E-state index in [1.54, 1.807) is 0 Å². The third-order valence-electron chi connectivity index (χ3n) is 5.50. The second-order valence-corrected chi connectivity index (χ2v) is 8.21. The Morgan fingerprint density at radius 3 is 2.81 bits per heavy atom. The number of rotatable bonds is 5. The minimum atomic E-state index is 0.0449. The molecule has 5 heteroatoms. The average Bonchev–Trinajstić information content (AvgIpc) is 3.40. The van der Waals surface area contributed by atoms with Crippen molar-refractivity contribution in [2.24, 2.45) is 5.92 Å². The number of thiophene rings is 1. The number of fused-ring (bicyclic) bond motifs is 1.